The molecule has 0 aromatic heterocycles. The van der Waals surface area contributed by atoms with E-state index in [9.17, 15) is 4.79 Å². The summed E-state index contributed by atoms with van der Waals surface area (Å²) in [5.74, 6) is -0.329. The minimum Gasteiger partial charge on any atom is -0.354 e. The van der Waals surface area contributed by atoms with Gasteiger partial charge < -0.3 is 11.1 Å². The van der Waals surface area contributed by atoms with Gasteiger partial charge in [-0.25, -0.2) is 0 Å². The van der Waals surface area contributed by atoms with Crippen molar-refractivity contribution in [2.45, 2.75) is 12.8 Å². The highest BCUT2D eigenvalue weighted by atomic mass is 35.5. The summed E-state index contributed by atoms with van der Waals surface area (Å²) in [4.78, 5) is 11.7. The first-order chi connectivity index (χ1) is 7.56. The molecule has 1 unspecified atom stereocenters. The molecule has 1 amide bonds. The molecule has 1 atom stereocenters. The van der Waals surface area contributed by atoms with E-state index in [2.05, 4.69) is 5.32 Å². The predicted molar refractivity (Wildman–Crippen MR) is 66.9 cm³/mol. The Bertz CT molecular complexity index is 382. The second-order valence-electron chi connectivity index (χ2n) is 3.47. The van der Waals surface area contributed by atoms with Crippen LogP contribution in [0.1, 0.15) is 18.4 Å². The van der Waals surface area contributed by atoms with E-state index >= 15 is 0 Å². The minimum absolute atomic E-state index is 0.0659. The summed E-state index contributed by atoms with van der Waals surface area (Å²) in [6.07, 6.45) is 0. The van der Waals surface area contributed by atoms with Crippen molar-refractivity contribution in [3.05, 3.63) is 33.8 Å². The number of rotatable bonds is 4. The lowest BCUT2D eigenvalue weighted by atomic mass is 10.0. The Morgan fingerprint density at radius 3 is 2.69 bits per heavy atom. The fourth-order valence-corrected chi connectivity index (χ4v) is 1.59. The van der Waals surface area contributed by atoms with Crippen LogP contribution in [0.2, 0.25) is 10.0 Å². The lowest BCUT2D eigenvalue weighted by molar-refractivity contribution is -0.122. The van der Waals surface area contributed by atoms with E-state index in [0.29, 0.717) is 23.1 Å². The third-order valence-electron chi connectivity index (χ3n) is 2.28. The Kier molecular flexibility index (Phi) is 5.06. The summed E-state index contributed by atoms with van der Waals surface area (Å²) in [6.45, 7) is 2.72. The first-order valence-electron chi connectivity index (χ1n) is 4.99. The van der Waals surface area contributed by atoms with Crippen LogP contribution in [-0.4, -0.2) is 19.0 Å². The van der Waals surface area contributed by atoms with Crippen LogP contribution in [0, 0.1) is 0 Å². The number of halogens is 2. The zero-order chi connectivity index (χ0) is 12.1. The van der Waals surface area contributed by atoms with Gasteiger partial charge in [0.05, 0.1) is 16.0 Å². The molecule has 0 saturated heterocycles. The van der Waals surface area contributed by atoms with Crippen molar-refractivity contribution in [3.63, 3.8) is 0 Å². The molecule has 1 aromatic rings. The van der Waals surface area contributed by atoms with Crippen molar-refractivity contribution in [1.82, 2.24) is 5.32 Å². The van der Waals surface area contributed by atoms with Gasteiger partial charge in [0, 0.05) is 13.1 Å². The van der Waals surface area contributed by atoms with Crippen molar-refractivity contribution < 1.29 is 4.79 Å². The highest BCUT2D eigenvalue weighted by molar-refractivity contribution is 6.42. The van der Waals surface area contributed by atoms with Crippen molar-refractivity contribution >= 4 is 29.1 Å². The van der Waals surface area contributed by atoms with Gasteiger partial charge in [0.25, 0.3) is 0 Å². The summed E-state index contributed by atoms with van der Waals surface area (Å²) < 4.78 is 0. The maximum Gasteiger partial charge on any atom is 0.227 e. The van der Waals surface area contributed by atoms with Crippen LogP contribution in [-0.2, 0) is 4.79 Å². The summed E-state index contributed by atoms with van der Waals surface area (Å²) in [5.41, 5.74) is 6.14. The molecular formula is C11H14Cl2N2O. The highest BCUT2D eigenvalue weighted by Crippen LogP contribution is 2.26. The Morgan fingerprint density at radius 1 is 1.44 bits per heavy atom. The second kappa shape index (κ2) is 6.09. The summed E-state index contributed by atoms with van der Waals surface area (Å²) in [6, 6.07) is 5.18. The molecule has 0 heterocycles. The van der Waals surface area contributed by atoms with Crippen molar-refractivity contribution in [2.24, 2.45) is 5.73 Å². The zero-order valence-electron chi connectivity index (χ0n) is 8.97. The van der Waals surface area contributed by atoms with Crippen LogP contribution in [0.25, 0.3) is 0 Å². The van der Waals surface area contributed by atoms with Crippen molar-refractivity contribution in [2.75, 3.05) is 13.1 Å². The topological polar surface area (TPSA) is 55.1 Å². The molecule has 0 aliphatic heterocycles. The van der Waals surface area contributed by atoms with E-state index < -0.39 is 0 Å². The number of carbonyl (C=O) groups is 1. The first kappa shape index (κ1) is 13.3. The molecule has 0 bridgehead atoms. The van der Waals surface area contributed by atoms with Crippen molar-refractivity contribution in [1.29, 1.82) is 0 Å². The van der Waals surface area contributed by atoms with Gasteiger partial charge in [0.2, 0.25) is 5.91 Å². The van der Waals surface area contributed by atoms with Crippen LogP contribution in [0.4, 0.5) is 0 Å². The second-order valence-corrected chi connectivity index (χ2v) is 4.29. The van der Waals surface area contributed by atoms with Gasteiger partial charge in [0.1, 0.15) is 0 Å². The number of hydrogen-bond donors (Lipinski definition) is 2. The average molecular weight is 261 g/mol. The minimum atomic E-state index is -0.263. The average Bonchev–Trinajstić information content (AvgIpc) is 2.28. The molecule has 88 valence electrons. The largest absolute Gasteiger partial charge is 0.354 e. The number of benzene rings is 1. The van der Waals surface area contributed by atoms with Crippen LogP contribution in [0.15, 0.2) is 18.2 Å². The maximum atomic E-state index is 11.7. The number of carbonyl (C=O) groups excluding carboxylic acids is 1. The predicted octanol–water partition coefficient (Wildman–Crippen LogP) is 2.17. The summed E-state index contributed by atoms with van der Waals surface area (Å²) in [7, 11) is 0. The summed E-state index contributed by atoms with van der Waals surface area (Å²) >= 11 is 11.7. The van der Waals surface area contributed by atoms with Gasteiger partial charge in [-0.15, -0.1) is 0 Å². The van der Waals surface area contributed by atoms with Gasteiger partial charge in [-0.05, 0) is 24.6 Å². The van der Waals surface area contributed by atoms with E-state index in [1.54, 1.807) is 18.2 Å². The molecule has 0 radical (unpaired) electrons. The summed E-state index contributed by atoms with van der Waals surface area (Å²) in [5, 5.41) is 3.67. The van der Waals surface area contributed by atoms with Crippen LogP contribution in [0.5, 0.6) is 0 Å². The van der Waals surface area contributed by atoms with E-state index in [1.165, 1.54) is 0 Å². The third kappa shape index (κ3) is 3.37. The molecule has 1 rings (SSSR count). The normalized spacial score (nSPS) is 12.2. The standard InChI is InChI=1S/C11H14Cl2N2O/c1-7(11(16)15-5-4-14)8-2-3-9(12)10(13)6-8/h2-3,6-7H,4-5,14H2,1H3,(H,15,16). The number of hydrogen-bond acceptors (Lipinski definition) is 2. The molecule has 0 aliphatic rings. The van der Waals surface area contributed by atoms with E-state index in [1.807, 2.05) is 6.92 Å². The third-order valence-corrected chi connectivity index (χ3v) is 3.02. The molecule has 0 saturated carbocycles. The van der Waals surface area contributed by atoms with Gasteiger partial charge in [-0.1, -0.05) is 29.3 Å². The number of nitrogens with two attached hydrogens (primary N) is 1. The lowest BCUT2D eigenvalue weighted by Crippen LogP contribution is -2.32. The van der Waals surface area contributed by atoms with Crippen LogP contribution in [0.3, 0.4) is 0 Å². The van der Waals surface area contributed by atoms with Crippen molar-refractivity contribution in [3.8, 4) is 0 Å². The van der Waals surface area contributed by atoms with E-state index in [4.69, 9.17) is 28.9 Å². The highest BCUT2D eigenvalue weighted by Gasteiger charge is 2.15. The molecule has 0 aliphatic carbocycles. The lowest BCUT2D eigenvalue weighted by Gasteiger charge is -2.12. The number of nitrogens with one attached hydrogen (secondary N) is 1. The molecule has 3 nitrogen and oxygen atoms in total. The van der Waals surface area contributed by atoms with Gasteiger partial charge in [-0.3, -0.25) is 4.79 Å². The Balaban J connectivity index is 2.75. The zero-order valence-corrected chi connectivity index (χ0v) is 10.5. The van der Waals surface area contributed by atoms with E-state index in [-0.39, 0.29) is 11.8 Å². The SMILES string of the molecule is CC(C(=O)NCCN)c1ccc(Cl)c(Cl)c1. The van der Waals surface area contributed by atoms with Crippen LogP contribution < -0.4 is 11.1 Å². The maximum absolute atomic E-state index is 11.7. The smallest absolute Gasteiger partial charge is 0.227 e. The van der Waals surface area contributed by atoms with Gasteiger partial charge in [0.15, 0.2) is 0 Å². The van der Waals surface area contributed by atoms with Gasteiger partial charge >= 0.3 is 0 Å². The van der Waals surface area contributed by atoms with Gasteiger partial charge in [-0.2, -0.15) is 0 Å². The number of amides is 1. The Labute approximate surface area is 105 Å². The fraction of sp³-hybridized carbons (Fsp3) is 0.364. The monoisotopic (exact) mass is 260 g/mol. The molecule has 0 spiro atoms. The van der Waals surface area contributed by atoms with E-state index in [0.717, 1.165) is 5.56 Å². The molecule has 16 heavy (non-hydrogen) atoms. The Hall–Kier alpha value is -0.770. The molecule has 3 N–H and O–H groups in total. The molecule has 0 fully saturated rings. The quantitative estimate of drug-likeness (QED) is 0.872. The molecular weight excluding hydrogens is 247 g/mol. The van der Waals surface area contributed by atoms with Crippen LogP contribution >= 0.6 is 23.2 Å². The molecule has 1 aromatic carbocycles. The Morgan fingerprint density at radius 2 is 2.12 bits per heavy atom. The molecule has 5 heteroatoms. The first-order valence-corrected chi connectivity index (χ1v) is 5.74. The fourth-order valence-electron chi connectivity index (χ4n) is 1.28.